The molecule has 6 heteroatoms. The third-order valence-electron chi connectivity index (χ3n) is 5.29. The van der Waals surface area contributed by atoms with E-state index in [9.17, 15) is 0 Å². The van der Waals surface area contributed by atoms with Crippen LogP contribution in [0.5, 0.6) is 0 Å². The molecule has 1 aliphatic heterocycles. The summed E-state index contributed by atoms with van der Waals surface area (Å²) in [5.74, 6) is 4.61. The molecule has 3 aliphatic rings. The molecule has 1 N–H and O–H groups in total. The lowest BCUT2D eigenvalue weighted by Crippen LogP contribution is -2.41. The van der Waals surface area contributed by atoms with Crippen LogP contribution in [0.3, 0.4) is 0 Å². The maximum Gasteiger partial charge on any atom is 0.161 e. The van der Waals surface area contributed by atoms with Crippen molar-refractivity contribution in [3.05, 3.63) is 12.0 Å². The summed E-state index contributed by atoms with van der Waals surface area (Å²) in [6, 6.07) is 0. The van der Waals surface area contributed by atoms with E-state index in [-0.39, 0.29) is 6.17 Å². The van der Waals surface area contributed by atoms with E-state index in [0.717, 1.165) is 23.3 Å². The third kappa shape index (κ3) is 1.66. The van der Waals surface area contributed by atoms with Crippen molar-refractivity contribution in [3.8, 4) is 0 Å². The van der Waals surface area contributed by atoms with Crippen LogP contribution in [0.15, 0.2) is 11.3 Å². The van der Waals surface area contributed by atoms with Crippen LogP contribution in [-0.2, 0) is 7.05 Å². The number of hydrogen-bond donors (Lipinski definition) is 1. The molecule has 108 valence electrons. The van der Waals surface area contributed by atoms with Crippen molar-refractivity contribution >= 4 is 23.4 Å². The minimum absolute atomic E-state index is 0.224. The van der Waals surface area contributed by atoms with Crippen molar-refractivity contribution in [1.82, 2.24) is 14.4 Å². The second-order valence-corrected chi connectivity index (χ2v) is 6.62. The van der Waals surface area contributed by atoms with E-state index in [4.69, 9.17) is 16.8 Å². The summed E-state index contributed by atoms with van der Waals surface area (Å²) in [4.78, 5) is 14.3. The fourth-order valence-electron chi connectivity index (χ4n) is 4.41. The minimum atomic E-state index is -0.224. The molecule has 4 rings (SSSR count). The number of amidine groups is 1. The maximum absolute atomic E-state index is 5.89. The molecular formula is C14H20ClN5. The van der Waals surface area contributed by atoms with Crippen LogP contribution < -0.4 is 9.74 Å². The Bertz CT molecular complexity index is 566. The van der Waals surface area contributed by atoms with Gasteiger partial charge in [-0.25, -0.2) is 14.8 Å². The number of imidazole rings is 1. The average molecular weight is 294 g/mol. The first-order valence-corrected chi connectivity index (χ1v) is 7.75. The first-order valence-electron chi connectivity index (χ1n) is 7.37. The summed E-state index contributed by atoms with van der Waals surface area (Å²) in [5, 5.41) is 0. The van der Waals surface area contributed by atoms with Gasteiger partial charge in [-0.1, -0.05) is 6.42 Å². The summed E-state index contributed by atoms with van der Waals surface area (Å²) in [6.07, 6.45) is 7.05. The summed E-state index contributed by atoms with van der Waals surface area (Å²) in [5.41, 5.74) is 0.914. The van der Waals surface area contributed by atoms with E-state index in [1.807, 2.05) is 13.4 Å². The lowest BCUT2D eigenvalue weighted by molar-refractivity contribution is 0.408. The number of fused-ring (bicyclic) bond motifs is 3. The topological polar surface area (TPSA) is 45.4 Å². The van der Waals surface area contributed by atoms with Crippen molar-refractivity contribution in [2.24, 2.45) is 29.8 Å². The van der Waals surface area contributed by atoms with Gasteiger partial charge >= 0.3 is 0 Å². The fraction of sp³-hybridized carbons (Fsp3) is 0.714. The Balaban J connectivity index is 1.73. The molecule has 0 radical (unpaired) electrons. The van der Waals surface area contributed by atoms with Gasteiger partial charge in [0.05, 0.1) is 6.33 Å². The smallest absolute Gasteiger partial charge is 0.161 e. The Hall–Kier alpha value is -1.07. The van der Waals surface area contributed by atoms with E-state index >= 15 is 0 Å². The molecule has 2 bridgehead atoms. The highest BCUT2D eigenvalue weighted by Crippen LogP contribution is 2.50. The monoisotopic (exact) mass is 293 g/mol. The van der Waals surface area contributed by atoms with Crippen LogP contribution in [0, 0.1) is 17.8 Å². The Kier molecular flexibility index (Phi) is 2.82. The van der Waals surface area contributed by atoms with E-state index in [1.165, 1.54) is 31.5 Å². The summed E-state index contributed by atoms with van der Waals surface area (Å²) in [7, 11) is 4.13. The maximum atomic E-state index is 5.89. The lowest BCUT2D eigenvalue weighted by atomic mass is 9.87. The number of aliphatic imine (C=N–C) groups is 1. The number of halogens is 1. The van der Waals surface area contributed by atoms with Crippen molar-refractivity contribution in [2.75, 3.05) is 11.9 Å². The molecule has 0 amide bonds. The zero-order valence-corrected chi connectivity index (χ0v) is 12.6. The zero-order valence-electron chi connectivity index (χ0n) is 11.9. The SMILES string of the molecule is CN1C(C2CC3CCC2C3)=NC(NCl)c2ncn(C)c21. The van der Waals surface area contributed by atoms with E-state index < -0.39 is 0 Å². The zero-order chi connectivity index (χ0) is 13.9. The summed E-state index contributed by atoms with van der Waals surface area (Å²) < 4.78 is 2.05. The highest BCUT2D eigenvalue weighted by atomic mass is 35.5. The quantitative estimate of drug-likeness (QED) is 0.852. The van der Waals surface area contributed by atoms with Gasteiger partial charge in [0.25, 0.3) is 0 Å². The molecule has 4 unspecified atom stereocenters. The Morgan fingerprint density at radius 2 is 2.15 bits per heavy atom. The molecule has 2 heterocycles. The van der Waals surface area contributed by atoms with Crippen LogP contribution >= 0.6 is 11.8 Å². The number of rotatable bonds is 2. The van der Waals surface area contributed by atoms with Crippen LogP contribution in [0.1, 0.15) is 37.5 Å². The van der Waals surface area contributed by atoms with Gasteiger partial charge in [0, 0.05) is 20.0 Å². The van der Waals surface area contributed by atoms with Gasteiger partial charge in [-0.2, -0.15) is 0 Å². The molecule has 4 atom stereocenters. The Morgan fingerprint density at radius 3 is 2.80 bits per heavy atom. The molecule has 0 aromatic carbocycles. The summed E-state index contributed by atoms with van der Waals surface area (Å²) >= 11 is 5.89. The second-order valence-electron chi connectivity index (χ2n) is 6.40. The first-order chi connectivity index (χ1) is 9.69. The van der Waals surface area contributed by atoms with Gasteiger partial charge in [-0.15, -0.1) is 0 Å². The molecule has 0 spiro atoms. The largest absolute Gasteiger partial charge is 0.320 e. The van der Waals surface area contributed by atoms with Gasteiger partial charge in [-0.05, 0) is 42.9 Å². The normalized spacial score (nSPS) is 35.4. The number of nitrogens with zero attached hydrogens (tertiary/aromatic N) is 4. The fourth-order valence-corrected chi connectivity index (χ4v) is 4.57. The number of anilines is 1. The number of hydrogen-bond acceptors (Lipinski definition) is 4. The van der Waals surface area contributed by atoms with Gasteiger partial charge in [0.15, 0.2) is 6.17 Å². The third-order valence-corrected chi connectivity index (χ3v) is 5.49. The van der Waals surface area contributed by atoms with E-state index in [1.54, 1.807) is 0 Å². The van der Waals surface area contributed by atoms with Gasteiger partial charge < -0.3 is 9.47 Å². The number of aromatic nitrogens is 2. The van der Waals surface area contributed by atoms with E-state index in [0.29, 0.717) is 5.92 Å². The van der Waals surface area contributed by atoms with Gasteiger partial charge in [0.1, 0.15) is 17.3 Å². The van der Waals surface area contributed by atoms with Crippen molar-refractivity contribution in [2.45, 2.75) is 31.8 Å². The molecular weight excluding hydrogens is 274 g/mol. The molecule has 0 saturated heterocycles. The average Bonchev–Trinajstić information content (AvgIpc) is 3.15. The molecule has 2 aliphatic carbocycles. The molecule has 2 saturated carbocycles. The minimum Gasteiger partial charge on any atom is -0.320 e. The van der Waals surface area contributed by atoms with Crippen molar-refractivity contribution in [1.29, 1.82) is 0 Å². The molecule has 20 heavy (non-hydrogen) atoms. The molecule has 1 aromatic rings. The number of aryl methyl sites for hydroxylation is 1. The Labute approximate surface area is 124 Å². The van der Waals surface area contributed by atoms with Gasteiger partial charge in [0.2, 0.25) is 0 Å². The second kappa shape index (κ2) is 4.46. The lowest BCUT2D eigenvalue weighted by Gasteiger charge is -2.35. The number of nitrogens with one attached hydrogen (secondary N) is 1. The van der Waals surface area contributed by atoms with Crippen molar-refractivity contribution < 1.29 is 0 Å². The van der Waals surface area contributed by atoms with Gasteiger partial charge in [-0.3, -0.25) is 0 Å². The summed E-state index contributed by atoms with van der Waals surface area (Å²) in [6.45, 7) is 0. The Morgan fingerprint density at radius 1 is 1.30 bits per heavy atom. The van der Waals surface area contributed by atoms with Crippen LogP contribution in [0.4, 0.5) is 5.82 Å². The van der Waals surface area contributed by atoms with Crippen LogP contribution in [0.2, 0.25) is 0 Å². The highest BCUT2D eigenvalue weighted by Gasteiger charge is 2.45. The van der Waals surface area contributed by atoms with Crippen LogP contribution in [0.25, 0.3) is 0 Å². The van der Waals surface area contributed by atoms with E-state index in [2.05, 4.69) is 26.3 Å². The first kappa shape index (κ1) is 12.7. The molecule has 1 aromatic heterocycles. The van der Waals surface area contributed by atoms with Crippen molar-refractivity contribution in [3.63, 3.8) is 0 Å². The molecule has 2 fully saturated rings. The van der Waals surface area contributed by atoms with Crippen LogP contribution in [-0.4, -0.2) is 22.4 Å². The predicted octanol–water partition coefficient (Wildman–Crippen LogP) is 2.45. The standard InChI is InChI=1S/C14H20ClN5/c1-19-7-16-11-12(18-15)17-13(20(2)14(11)19)10-6-8-3-4-9(10)5-8/h7-10,12,18H,3-6H2,1-2H3. The predicted molar refractivity (Wildman–Crippen MR) is 79.7 cm³/mol. The highest BCUT2D eigenvalue weighted by molar-refractivity contribution is 6.14. The molecule has 5 nitrogen and oxygen atoms in total.